The van der Waals surface area contributed by atoms with Crippen molar-refractivity contribution in [1.29, 1.82) is 0 Å². The maximum Gasteiger partial charge on any atom is 0.573 e. The molecule has 2 heterocycles. The van der Waals surface area contributed by atoms with Gasteiger partial charge in [0.1, 0.15) is 5.75 Å². The van der Waals surface area contributed by atoms with Crippen LogP contribution < -0.4 is 9.47 Å². The van der Waals surface area contributed by atoms with Crippen molar-refractivity contribution < 1.29 is 41.5 Å². The molecule has 0 saturated carbocycles. The second-order valence-corrected chi connectivity index (χ2v) is 9.25. The van der Waals surface area contributed by atoms with Gasteiger partial charge in [0.05, 0.1) is 10.9 Å². The zero-order chi connectivity index (χ0) is 28.1. The summed E-state index contributed by atoms with van der Waals surface area (Å²) < 4.78 is 70.0. The summed E-state index contributed by atoms with van der Waals surface area (Å²) in [6.07, 6.45) is -6.05. The van der Waals surface area contributed by atoms with Crippen LogP contribution in [0.1, 0.15) is 23.7 Å². The van der Waals surface area contributed by atoms with Crippen molar-refractivity contribution in [2.45, 2.75) is 32.7 Å². The number of carbonyl (C=O) groups is 1. The first-order valence-electron chi connectivity index (χ1n) is 11.5. The average molecular weight is 563 g/mol. The Morgan fingerprint density at radius 2 is 1.90 bits per heavy atom. The highest BCUT2D eigenvalue weighted by Crippen LogP contribution is 2.37. The lowest BCUT2D eigenvalue weighted by Crippen LogP contribution is -2.23. The Morgan fingerprint density at radius 1 is 1.13 bits per heavy atom. The van der Waals surface area contributed by atoms with Gasteiger partial charge in [-0.3, -0.25) is 4.57 Å². The van der Waals surface area contributed by atoms with E-state index in [1.807, 2.05) is 0 Å². The number of carboxylic acid groups (broad SMARTS) is 1. The van der Waals surface area contributed by atoms with Crippen LogP contribution in [0.4, 0.5) is 17.6 Å². The molecule has 2 aromatic heterocycles. The number of hydrogen-bond donors (Lipinski definition) is 1. The van der Waals surface area contributed by atoms with Crippen molar-refractivity contribution in [2.75, 3.05) is 0 Å². The van der Waals surface area contributed by atoms with E-state index in [0.717, 1.165) is 6.07 Å². The van der Waals surface area contributed by atoms with E-state index >= 15 is 0 Å². The first kappa shape index (κ1) is 26.4. The number of aliphatic carboxylic acids is 1. The average Bonchev–Trinajstić information content (AvgIpc) is 3.37. The molecule has 0 radical (unpaired) electrons. The molecule has 39 heavy (non-hydrogen) atoms. The number of fused-ring (bicyclic) bond motifs is 2. The molecule has 202 valence electrons. The molecule has 1 atom stereocenters. The summed E-state index contributed by atoms with van der Waals surface area (Å²) in [6, 6.07) is 12.9. The van der Waals surface area contributed by atoms with Crippen molar-refractivity contribution >= 4 is 39.4 Å². The van der Waals surface area contributed by atoms with Crippen LogP contribution in [0.25, 0.3) is 27.7 Å². The van der Waals surface area contributed by atoms with Crippen LogP contribution in [-0.4, -0.2) is 33.3 Å². The first-order chi connectivity index (χ1) is 18.4. The summed E-state index contributed by atoms with van der Waals surface area (Å²) in [4.78, 5) is 11.2. The number of halogens is 5. The predicted octanol–water partition coefficient (Wildman–Crippen LogP) is 7.21. The van der Waals surface area contributed by atoms with E-state index in [0.29, 0.717) is 49.5 Å². The Hall–Kier alpha value is -4.25. The molecular weight excluding hydrogens is 544 g/mol. The largest absolute Gasteiger partial charge is 0.573 e. The zero-order valence-electron chi connectivity index (χ0n) is 20.3. The Balaban J connectivity index is 1.66. The highest BCUT2D eigenvalue weighted by Gasteiger charge is 2.31. The molecular formula is C27H19ClF4N2O5. The molecule has 0 aliphatic heterocycles. The zero-order valence-corrected chi connectivity index (χ0v) is 21.1. The molecule has 0 saturated heterocycles. The summed E-state index contributed by atoms with van der Waals surface area (Å²) in [5, 5.41) is 14.8. The molecule has 7 nitrogen and oxygen atoms in total. The number of carboxylic acids is 1. The minimum Gasteiger partial charge on any atom is -0.479 e. The van der Waals surface area contributed by atoms with Crippen molar-refractivity contribution in [3.05, 3.63) is 82.3 Å². The summed E-state index contributed by atoms with van der Waals surface area (Å²) in [5.41, 5.74) is 2.71. The number of nitrogens with zero attached hydrogens (tertiary/aromatic N) is 2. The van der Waals surface area contributed by atoms with Gasteiger partial charge in [-0.05, 0) is 73.9 Å². The Morgan fingerprint density at radius 3 is 2.62 bits per heavy atom. The van der Waals surface area contributed by atoms with Crippen LogP contribution in [0.15, 0.2) is 59.1 Å². The van der Waals surface area contributed by atoms with Gasteiger partial charge in [0.25, 0.3) is 0 Å². The monoisotopic (exact) mass is 562 g/mol. The second kappa shape index (κ2) is 9.81. The maximum absolute atomic E-state index is 14.4. The minimum absolute atomic E-state index is 0.143. The standard InChI is InChI=1S/C27H19ClF4N2O5/c1-13-19(9-15-3-7-21(29)24(10-15)37-14(2)26(35)36)20-12-17(38-27(30,31)32)5-8-22(20)34(13)25-18-6-4-16(28)11-23(18)39-33-25/h3-8,10-12,14H,9H2,1-2H3,(H,35,36)/t14-/m1/s1. The van der Waals surface area contributed by atoms with Gasteiger partial charge in [-0.1, -0.05) is 22.8 Å². The number of ether oxygens (including phenoxy) is 2. The summed E-state index contributed by atoms with van der Waals surface area (Å²) in [7, 11) is 0. The van der Waals surface area contributed by atoms with E-state index in [-0.39, 0.29) is 12.2 Å². The molecule has 0 fully saturated rings. The lowest BCUT2D eigenvalue weighted by atomic mass is 10.0. The van der Waals surface area contributed by atoms with Crippen LogP contribution in [0.2, 0.25) is 5.02 Å². The quantitative estimate of drug-likeness (QED) is 0.211. The van der Waals surface area contributed by atoms with Gasteiger partial charge in [0.15, 0.2) is 29.1 Å². The van der Waals surface area contributed by atoms with Gasteiger partial charge in [-0.25, -0.2) is 9.18 Å². The fourth-order valence-electron chi connectivity index (χ4n) is 4.41. The number of aromatic nitrogens is 2. The Labute approximate surface area is 223 Å². The highest BCUT2D eigenvalue weighted by molar-refractivity contribution is 6.31. The van der Waals surface area contributed by atoms with E-state index in [1.165, 1.54) is 37.3 Å². The SMILES string of the molecule is Cc1c(Cc2ccc(F)c(O[C@H](C)C(=O)O)c2)c2cc(OC(F)(F)F)ccc2n1-c1noc2cc(Cl)ccc12. The van der Waals surface area contributed by atoms with E-state index in [4.69, 9.17) is 26.0 Å². The lowest BCUT2D eigenvalue weighted by molar-refractivity contribution is -0.274. The van der Waals surface area contributed by atoms with Gasteiger partial charge in [-0.2, -0.15) is 0 Å². The molecule has 0 bridgehead atoms. The van der Waals surface area contributed by atoms with E-state index in [2.05, 4.69) is 9.89 Å². The minimum atomic E-state index is -4.89. The fraction of sp³-hybridized carbons (Fsp3) is 0.185. The third-order valence-electron chi connectivity index (χ3n) is 6.19. The molecule has 0 unspecified atom stereocenters. The van der Waals surface area contributed by atoms with E-state index < -0.39 is 30.0 Å². The molecule has 0 aliphatic carbocycles. The third kappa shape index (κ3) is 5.22. The van der Waals surface area contributed by atoms with Crippen LogP contribution in [0.5, 0.6) is 11.5 Å². The normalized spacial score (nSPS) is 12.7. The smallest absolute Gasteiger partial charge is 0.479 e. The number of rotatable bonds is 7. The number of hydrogen-bond acceptors (Lipinski definition) is 5. The maximum atomic E-state index is 14.4. The van der Waals surface area contributed by atoms with Crippen LogP contribution in [0, 0.1) is 12.7 Å². The molecule has 0 amide bonds. The van der Waals surface area contributed by atoms with Gasteiger partial charge in [0.2, 0.25) is 0 Å². The number of alkyl halides is 3. The third-order valence-corrected chi connectivity index (χ3v) is 6.43. The van der Waals surface area contributed by atoms with Crippen LogP contribution >= 0.6 is 11.6 Å². The van der Waals surface area contributed by atoms with Crippen LogP contribution in [0.3, 0.4) is 0 Å². The van der Waals surface area contributed by atoms with Crippen molar-refractivity contribution in [3.63, 3.8) is 0 Å². The van der Waals surface area contributed by atoms with Gasteiger partial charge in [-0.15, -0.1) is 13.2 Å². The van der Waals surface area contributed by atoms with Gasteiger partial charge in [0, 0.05) is 22.2 Å². The topological polar surface area (TPSA) is 86.7 Å². The summed E-state index contributed by atoms with van der Waals surface area (Å²) in [6.45, 7) is 3.04. The molecule has 0 aliphatic rings. The Kier molecular flexibility index (Phi) is 6.63. The molecule has 5 aromatic rings. The fourth-order valence-corrected chi connectivity index (χ4v) is 4.57. The molecule has 1 N–H and O–H groups in total. The van der Waals surface area contributed by atoms with Crippen molar-refractivity contribution in [1.82, 2.24) is 9.72 Å². The predicted molar refractivity (Wildman–Crippen MR) is 134 cm³/mol. The molecule has 5 rings (SSSR count). The van der Waals surface area contributed by atoms with Gasteiger partial charge < -0.3 is 19.1 Å². The van der Waals surface area contributed by atoms with E-state index in [9.17, 15) is 22.4 Å². The summed E-state index contributed by atoms with van der Waals surface area (Å²) >= 11 is 6.07. The number of benzene rings is 3. The lowest BCUT2D eigenvalue weighted by Gasteiger charge is -2.13. The van der Waals surface area contributed by atoms with Crippen molar-refractivity contribution in [3.8, 4) is 17.3 Å². The van der Waals surface area contributed by atoms with Crippen molar-refractivity contribution in [2.24, 2.45) is 0 Å². The summed E-state index contributed by atoms with van der Waals surface area (Å²) in [5.74, 6) is -2.29. The Bertz CT molecular complexity index is 1730. The molecule has 3 aromatic carbocycles. The molecule has 12 heteroatoms. The molecule has 0 spiro atoms. The van der Waals surface area contributed by atoms with Crippen LogP contribution in [-0.2, 0) is 11.2 Å². The highest BCUT2D eigenvalue weighted by atomic mass is 35.5. The van der Waals surface area contributed by atoms with E-state index in [1.54, 1.807) is 29.7 Å². The van der Waals surface area contributed by atoms with Gasteiger partial charge >= 0.3 is 12.3 Å². The first-order valence-corrected chi connectivity index (χ1v) is 11.9. The second-order valence-electron chi connectivity index (χ2n) is 8.81.